The summed E-state index contributed by atoms with van der Waals surface area (Å²) in [5, 5.41) is 3.02. The summed E-state index contributed by atoms with van der Waals surface area (Å²) in [5.74, 6) is 0.0779. The first-order chi connectivity index (χ1) is 10.4. The summed E-state index contributed by atoms with van der Waals surface area (Å²) in [6.45, 7) is 7.16. The Balaban J connectivity index is 0.00000264. The second-order valence-electron chi connectivity index (χ2n) is 6.66. The Hall–Kier alpha value is -0.750. The van der Waals surface area contributed by atoms with Gasteiger partial charge in [-0.25, -0.2) is 0 Å². The first kappa shape index (κ1) is 20.3. The number of hydrogen-bond acceptors (Lipinski definition) is 4. The highest BCUT2D eigenvalue weighted by molar-refractivity contribution is 7.98. The Bertz CT molecular complexity index is 524. The molecule has 0 aromatic heterocycles. The van der Waals surface area contributed by atoms with Crippen molar-refractivity contribution in [2.75, 3.05) is 31.2 Å². The maximum Gasteiger partial charge on any atom is 0.225 e. The molecule has 1 unspecified atom stereocenters. The largest absolute Gasteiger partial charge is 0.327 e. The van der Waals surface area contributed by atoms with E-state index in [0.717, 1.165) is 36.6 Å². The third-order valence-electron chi connectivity index (χ3n) is 4.43. The van der Waals surface area contributed by atoms with E-state index in [9.17, 15) is 4.79 Å². The quantitative estimate of drug-likeness (QED) is 0.794. The number of piperidine rings is 1. The minimum atomic E-state index is 0. The number of likely N-dealkylation sites (tertiary alicyclic amines) is 1. The van der Waals surface area contributed by atoms with E-state index in [1.807, 2.05) is 30.5 Å². The number of nitrogens with two attached hydrogens (primary N) is 1. The molecule has 130 valence electrons. The zero-order chi connectivity index (χ0) is 16.2. The van der Waals surface area contributed by atoms with Crippen molar-refractivity contribution in [1.82, 2.24) is 4.90 Å². The molecule has 2 rings (SSSR count). The smallest absolute Gasteiger partial charge is 0.225 e. The van der Waals surface area contributed by atoms with Gasteiger partial charge in [-0.1, -0.05) is 26.0 Å². The van der Waals surface area contributed by atoms with Gasteiger partial charge in [0.25, 0.3) is 0 Å². The van der Waals surface area contributed by atoms with Crippen LogP contribution in [-0.2, 0) is 4.79 Å². The van der Waals surface area contributed by atoms with Crippen LogP contribution in [0.4, 0.5) is 5.69 Å². The Morgan fingerprint density at radius 3 is 2.78 bits per heavy atom. The molecule has 1 aliphatic heterocycles. The molecular formula is C17H28ClN3OS. The molecule has 1 aromatic rings. The second-order valence-corrected chi connectivity index (χ2v) is 7.51. The molecule has 1 amide bonds. The number of carbonyl (C=O) groups excluding carboxylic acids is 1. The summed E-state index contributed by atoms with van der Waals surface area (Å²) in [6.07, 6.45) is 3.54. The van der Waals surface area contributed by atoms with Crippen molar-refractivity contribution in [3.63, 3.8) is 0 Å². The van der Waals surface area contributed by atoms with E-state index in [4.69, 9.17) is 5.73 Å². The average Bonchev–Trinajstić information content (AvgIpc) is 2.49. The molecule has 1 saturated heterocycles. The minimum Gasteiger partial charge on any atom is -0.327 e. The highest BCUT2D eigenvalue weighted by Crippen LogP contribution is 2.28. The van der Waals surface area contributed by atoms with E-state index in [0.29, 0.717) is 6.42 Å². The van der Waals surface area contributed by atoms with Crippen molar-refractivity contribution >= 4 is 35.8 Å². The fraction of sp³-hybridized carbons (Fsp3) is 0.588. The van der Waals surface area contributed by atoms with Gasteiger partial charge in [-0.3, -0.25) is 4.79 Å². The molecule has 1 fully saturated rings. The molecule has 23 heavy (non-hydrogen) atoms. The molecule has 6 heteroatoms. The number of anilines is 1. The van der Waals surface area contributed by atoms with E-state index in [1.54, 1.807) is 11.8 Å². The number of halogens is 1. The lowest BCUT2D eigenvalue weighted by Gasteiger charge is -2.42. The normalized spacial score (nSPS) is 20.6. The van der Waals surface area contributed by atoms with Crippen molar-refractivity contribution in [3.8, 4) is 0 Å². The van der Waals surface area contributed by atoms with Crippen LogP contribution >= 0.6 is 24.2 Å². The van der Waals surface area contributed by atoms with Crippen molar-refractivity contribution < 1.29 is 4.79 Å². The van der Waals surface area contributed by atoms with E-state index in [2.05, 4.69) is 24.1 Å². The highest BCUT2D eigenvalue weighted by atomic mass is 35.5. The Kier molecular flexibility index (Phi) is 7.87. The van der Waals surface area contributed by atoms with Crippen LogP contribution in [0, 0.1) is 5.41 Å². The number of hydrogen-bond donors (Lipinski definition) is 2. The zero-order valence-electron chi connectivity index (χ0n) is 14.2. The van der Waals surface area contributed by atoms with Crippen molar-refractivity contribution in [2.45, 2.75) is 37.6 Å². The van der Waals surface area contributed by atoms with Gasteiger partial charge in [0, 0.05) is 30.4 Å². The topological polar surface area (TPSA) is 58.4 Å². The summed E-state index contributed by atoms with van der Waals surface area (Å²) < 4.78 is 0. The fourth-order valence-electron chi connectivity index (χ4n) is 2.90. The number of para-hydroxylation sites is 1. The third kappa shape index (κ3) is 5.68. The number of amides is 1. The molecule has 0 saturated carbocycles. The van der Waals surface area contributed by atoms with Crippen LogP contribution in [0.5, 0.6) is 0 Å². The van der Waals surface area contributed by atoms with Crippen molar-refractivity contribution in [2.24, 2.45) is 11.1 Å². The van der Waals surface area contributed by atoms with E-state index < -0.39 is 0 Å². The molecule has 4 nitrogen and oxygen atoms in total. The fourth-order valence-corrected chi connectivity index (χ4v) is 3.45. The molecule has 0 aliphatic carbocycles. The second kappa shape index (κ2) is 8.92. The standard InChI is InChI=1S/C17H27N3OS.ClH/c1-17(2)12-20(10-8-15(17)18)11-9-16(21)19-13-6-4-5-7-14(13)22-3;/h4-7,15H,8-12,18H2,1-3H3,(H,19,21);1H. The van der Waals surface area contributed by atoms with Gasteiger partial charge in [0.15, 0.2) is 0 Å². The molecule has 1 aliphatic rings. The van der Waals surface area contributed by atoms with Gasteiger partial charge in [-0.2, -0.15) is 0 Å². The number of benzene rings is 1. The van der Waals surface area contributed by atoms with Crippen LogP contribution in [0.25, 0.3) is 0 Å². The maximum atomic E-state index is 12.2. The molecule has 0 radical (unpaired) electrons. The van der Waals surface area contributed by atoms with Crippen molar-refractivity contribution in [1.29, 1.82) is 0 Å². The lowest BCUT2D eigenvalue weighted by Crippen LogP contribution is -2.52. The predicted molar refractivity (Wildman–Crippen MR) is 102 cm³/mol. The molecule has 1 heterocycles. The molecule has 3 N–H and O–H groups in total. The summed E-state index contributed by atoms with van der Waals surface area (Å²) in [5.41, 5.74) is 7.19. The average molecular weight is 358 g/mol. The van der Waals surface area contributed by atoms with Gasteiger partial charge in [0.1, 0.15) is 0 Å². The minimum absolute atomic E-state index is 0. The monoisotopic (exact) mass is 357 g/mol. The molecular weight excluding hydrogens is 330 g/mol. The molecule has 0 bridgehead atoms. The number of rotatable bonds is 5. The Morgan fingerprint density at radius 2 is 2.13 bits per heavy atom. The summed E-state index contributed by atoms with van der Waals surface area (Å²) in [7, 11) is 0. The van der Waals surface area contributed by atoms with Gasteiger partial charge in [-0.05, 0) is 36.8 Å². The lowest BCUT2D eigenvalue weighted by molar-refractivity contribution is -0.116. The first-order valence-corrected chi connectivity index (χ1v) is 9.05. The van der Waals surface area contributed by atoms with Crippen LogP contribution in [0.3, 0.4) is 0 Å². The third-order valence-corrected chi connectivity index (χ3v) is 5.22. The number of thioether (sulfide) groups is 1. The summed E-state index contributed by atoms with van der Waals surface area (Å²) >= 11 is 1.64. The van der Waals surface area contributed by atoms with Crippen LogP contribution in [-0.4, -0.2) is 42.7 Å². The summed E-state index contributed by atoms with van der Waals surface area (Å²) in [4.78, 5) is 15.6. The van der Waals surface area contributed by atoms with Crippen LogP contribution < -0.4 is 11.1 Å². The predicted octanol–water partition coefficient (Wildman–Crippen LogP) is 3.22. The maximum absolute atomic E-state index is 12.2. The van der Waals surface area contributed by atoms with Gasteiger partial charge < -0.3 is 16.0 Å². The Labute approximate surface area is 150 Å². The van der Waals surface area contributed by atoms with E-state index in [-0.39, 0.29) is 29.8 Å². The van der Waals surface area contributed by atoms with E-state index in [1.165, 1.54) is 0 Å². The highest BCUT2D eigenvalue weighted by Gasteiger charge is 2.33. The van der Waals surface area contributed by atoms with Crippen LogP contribution in [0.1, 0.15) is 26.7 Å². The molecule has 1 atom stereocenters. The van der Waals surface area contributed by atoms with Crippen LogP contribution in [0.2, 0.25) is 0 Å². The summed E-state index contributed by atoms with van der Waals surface area (Å²) in [6, 6.07) is 8.16. The molecule has 0 spiro atoms. The van der Waals surface area contributed by atoms with E-state index >= 15 is 0 Å². The zero-order valence-corrected chi connectivity index (χ0v) is 15.8. The molecule has 1 aromatic carbocycles. The first-order valence-electron chi connectivity index (χ1n) is 7.83. The number of nitrogens with zero attached hydrogens (tertiary/aromatic N) is 1. The number of carbonyl (C=O) groups is 1. The van der Waals surface area contributed by atoms with Gasteiger partial charge >= 0.3 is 0 Å². The SMILES string of the molecule is CSc1ccccc1NC(=O)CCN1CCC(N)C(C)(C)C1.Cl. The lowest BCUT2D eigenvalue weighted by atomic mass is 9.80. The van der Waals surface area contributed by atoms with Crippen molar-refractivity contribution in [3.05, 3.63) is 24.3 Å². The number of nitrogens with one attached hydrogen (secondary N) is 1. The van der Waals surface area contributed by atoms with Gasteiger partial charge in [-0.15, -0.1) is 24.2 Å². The Morgan fingerprint density at radius 1 is 1.43 bits per heavy atom. The van der Waals surface area contributed by atoms with Gasteiger partial charge in [0.05, 0.1) is 5.69 Å². The van der Waals surface area contributed by atoms with Gasteiger partial charge in [0.2, 0.25) is 5.91 Å². The van der Waals surface area contributed by atoms with Crippen LogP contribution in [0.15, 0.2) is 29.2 Å².